The highest BCUT2D eigenvalue weighted by Crippen LogP contribution is 2.28. The van der Waals surface area contributed by atoms with Gasteiger partial charge < -0.3 is 10.1 Å². The monoisotopic (exact) mass is 266 g/mol. The Balaban J connectivity index is 2.71. The Morgan fingerprint density at radius 2 is 2.11 bits per heavy atom. The molecule has 1 aromatic rings. The van der Waals surface area contributed by atoms with Crippen molar-refractivity contribution < 1.29 is 9.66 Å². The summed E-state index contributed by atoms with van der Waals surface area (Å²) in [5.74, 6) is 0.362. The molecule has 0 unspecified atom stereocenters. The first kappa shape index (κ1) is 15.4. The summed E-state index contributed by atoms with van der Waals surface area (Å²) in [5.41, 5.74) is 0.946. The molecule has 0 spiro atoms. The van der Waals surface area contributed by atoms with Gasteiger partial charge in [-0.15, -0.1) is 0 Å². The van der Waals surface area contributed by atoms with Crippen molar-refractivity contribution in [1.82, 2.24) is 5.32 Å². The van der Waals surface area contributed by atoms with Gasteiger partial charge in [-0.3, -0.25) is 10.1 Å². The van der Waals surface area contributed by atoms with Crippen molar-refractivity contribution in [2.45, 2.75) is 39.7 Å². The Morgan fingerprint density at radius 3 is 2.74 bits per heavy atom. The van der Waals surface area contributed by atoms with E-state index >= 15 is 0 Å². The van der Waals surface area contributed by atoms with E-state index in [0.717, 1.165) is 31.4 Å². The maximum atomic E-state index is 11.0. The van der Waals surface area contributed by atoms with E-state index in [1.807, 2.05) is 13.0 Å². The van der Waals surface area contributed by atoms with Crippen molar-refractivity contribution in [2.75, 3.05) is 13.2 Å². The highest BCUT2D eigenvalue weighted by atomic mass is 16.6. The first-order chi connectivity index (χ1) is 9.19. The lowest BCUT2D eigenvalue weighted by Gasteiger charge is -2.08. The molecule has 0 radical (unpaired) electrons. The standard InChI is InChI=1S/C14H22N2O3/c1-3-5-6-9-19-14-8-7-12(11-15-4-2)10-13(14)16(17)18/h7-8,10,15H,3-6,9,11H2,1-2H3. The summed E-state index contributed by atoms with van der Waals surface area (Å²) in [6, 6.07) is 5.14. The van der Waals surface area contributed by atoms with Gasteiger partial charge in [0, 0.05) is 12.6 Å². The first-order valence-electron chi connectivity index (χ1n) is 6.79. The number of rotatable bonds is 9. The minimum Gasteiger partial charge on any atom is -0.487 e. The van der Waals surface area contributed by atoms with Crippen LogP contribution in [0, 0.1) is 10.1 Å². The Bertz CT molecular complexity index is 408. The molecular weight excluding hydrogens is 244 g/mol. The molecule has 1 N–H and O–H groups in total. The maximum absolute atomic E-state index is 11.0. The van der Waals surface area contributed by atoms with Crippen LogP contribution in [-0.2, 0) is 6.54 Å². The third-order valence-corrected chi connectivity index (χ3v) is 2.80. The number of hydrogen-bond donors (Lipinski definition) is 1. The van der Waals surface area contributed by atoms with Gasteiger partial charge in [0.25, 0.3) is 0 Å². The fourth-order valence-corrected chi connectivity index (χ4v) is 1.74. The lowest BCUT2D eigenvalue weighted by molar-refractivity contribution is -0.385. The van der Waals surface area contributed by atoms with Crippen molar-refractivity contribution >= 4 is 5.69 Å². The van der Waals surface area contributed by atoms with Gasteiger partial charge >= 0.3 is 5.69 Å². The van der Waals surface area contributed by atoms with Crippen LogP contribution >= 0.6 is 0 Å². The fraction of sp³-hybridized carbons (Fsp3) is 0.571. The van der Waals surface area contributed by atoms with Crippen LogP contribution in [0.3, 0.4) is 0 Å². The van der Waals surface area contributed by atoms with Gasteiger partial charge in [-0.2, -0.15) is 0 Å². The Labute approximate surface area is 114 Å². The number of nitrogens with one attached hydrogen (secondary N) is 1. The van der Waals surface area contributed by atoms with Crippen molar-refractivity contribution in [3.8, 4) is 5.75 Å². The molecule has 0 fully saturated rings. The van der Waals surface area contributed by atoms with Gasteiger partial charge in [0.1, 0.15) is 0 Å². The van der Waals surface area contributed by atoms with E-state index in [2.05, 4.69) is 12.2 Å². The molecule has 1 aromatic carbocycles. The van der Waals surface area contributed by atoms with Crippen LogP contribution in [0.4, 0.5) is 5.69 Å². The van der Waals surface area contributed by atoms with E-state index in [1.54, 1.807) is 12.1 Å². The zero-order chi connectivity index (χ0) is 14.1. The summed E-state index contributed by atoms with van der Waals surface area (Å²) in [6.07, 6.45) is 3.10. The van der Waals surface area contributed by atoms with Gasteiger partial charge in [0.05, 0.1) is 11.5 Å². The third-order valence-electron chi connectivity index (χ3n) is 2.80. The quantitative estimate of drug-likeness (QED) is 0.423. The Kier molecular flexibility index (Phi) is 6.89. The number of unbranched alkanes of at least 4 members (excludes halogenated alkanes) is 2. The third kappa shape index (κ3) is 5.26. The van der Waals surface area contributed by atoms with Crippen LogP contribution in [0.2, 0.25) is 0 Å². The van der Waals surface area contributed by atoms with Gasteiger partial charge in [0.15, 0.2) is 5.75 Å². The zero-order valence-corrected chi connectivity index (χ0v) is 11.6. The minimum atomic E-state index is -0.384. The summed E-state index contributed by atoms with van der Waals surface area (Å²) in [4.78, 5) is 10.7. The summed E-state index contributed by atoms with van der Waals surface area (Å²) < 4.78 is 5.50. The normalized spacial score (nSPS) is 10.4. The molecule has 1 rings (SSSR count). The molecule has 0 heterocycles. The number of nitro groups is 1. The molecule has 0 aliphatic rings. The largest absolute Gasteiger partial charge is 0.487 e. The van der Waals surface area contributed by atoms with Crippen LogP contribution in [0.25, 0.3) is 0 Å². The topological polar surface area (TPSA) is 64.4 Å². The van der Waals surface area contributed by atoms with Gasteiger partial charge in [0.2, 0.25) is 0 Å². The van der Waals surface area contributed by atoms with Crippen molar-refractivity contribution in [1.29, 1.82) is 0 Å². The highest BCUT2D eigenvalue weighted by molar-refractivity contribution is 5.48. The molecule has 0 amide bonds. The summed E-state index contributed by atoms with van der Waals surface area (Å²) in [7, 11) is 0. The van der Waals surface area contributed by atoms with Crippen molar-refractivity contribution in [2.24, 2.45) is 0 Å². The highest BCUT2D eigenvalue weighted by Gasteiger charge is 2.15. The summed E-state index contributed by atoms with van der Waals surface area (Å²) in [6.45, 7) is 6.11. The molecule has 0 saturated carbocycles. The van der Waals surface area contributed by atoms with E-state index in [9.17, 15) is 10.1 Å². The lowest BCUT2D eigenvalue weighted by atomic mass is 10.2. The molecule has 5 heteroatoms. The Morgan fingerprint density at radius 1 is 1.32 bits per heavy atom. The lowest BCUT2D eigenvalue weighted by Crippen LogP contribution is -2.12. The van der Waals surface area contributed by atoms with E-state index in [1.165, 1.54) is 0 Å². The van der Waals surface area contributed by atoms with Gasteiger partial charge in [-0.1, -0.05) is 32.8 Å². The second-order valence-electron chi connectivity index (χ2n) is 4.40. The van der Waals surface area contributed by atoms with Gasteiger partial charge in [-0.05, 0) is 24.6 Å². The average Bonchev–Trinajstić information content (AvgIpc) is 2.41. The molecule has 5 nitrogen and oxygen atoms in total. The fourth-order valence-electron chi connectivity index (χ4n) is 1.74. The smallest absolute Gasteiger partial charge is 0.311 e. The zero-order valence-electron chi connectivity index (χ0n) is 11.6. The molecule has 0 aliphatic heterocycles. The van der Waals surface area contributed by atoms with Crippen LogP contribution in [0.15, 0.2) is 18.2 Å². The molecule has 0 aromatic heterocycles. The summed E-state index contributed by atoms with van der Waals surface area (Å²) >= 11 is 0. The van der Waals surface area contributed by atoms with Crippen LogP contribution in [0.5, 0.6) is 5.75 Å². The number of hydrogen-bond acceptors (Lipinski definition) is 4. The van der Waals surface area contributed by atoms with Crippen LogP contribution in [-0.4, -0.2) is 18.1 Å². The van der Waals surface area contributed by atoms with Crippen molar-refractivity contribution in [3.63, 3.8) is 0 Å². The Hall–Kier alpha value is -1.62. The minimum absolute atomic E-state index is 0.0481. The molecule has 0 bridgehead atoms. The van der Waals surface area contributed by atoms with E-state index < -0.39 is 0 Å². The summed E-state index contributed by atoms with van der Waals surface area (Å²) in [5, 5.41) is 14.2. The van der Waals surface area contributed by atoms with Gasteiger partial charge in [-0.25, -0.2) is 0 Å². The first-order valence-corrected chi connectivity index (χ1v) is 6.79. The molecule has 0 aliphatic carbocycles. The second kappa shape index (κ2) is 8.48. The predicted octanol–water partition coefficient (Wildman–Crippen LogP) is 3.27. The number of ether oxygens (including phenoxy) is 1. The molecule has 0 saturated heterocycles. The SMILES string of the molecule is CCCCCOc1ccc(CNCC)cc1[N+](=O)[O-]. The maximum Gasteiger partial charge on any atom is 0.311 e. The molecule has 19 heavy (non-hydrogen) atoms. The van der Waals surface area contributed by atoms with E-state index in [0.29, 0.717) is 18.9 Å². The van der Waals surface area contributed by atoms with Crippen LogP contribution < -0.4 is 10.1 Å². The predicted molar refractivity (Wildman–Crippen MR) is 75.5 cm³/mol. The van der Waals surface area contributed by atoms with Crippen LogP contribution in [0.1, 0.15) is 38.7 Å². The number of nitrogens with zero attached hydrogens (tertiary/aromatic N) is 1. The van der Waals surface area contributed by atoms with E-state index in [4.69, 9.17) is 4.74 Å². The molecular formula is C14H22N2O3. The number of benzene rings is 1. The second-order valence-corrected chi connectivity index (χ2v) is 4.40. The van der Waals surface area contributed by atoms with Crippen molar-refractivity contribution in [3.05, 3.63) is 33.9 Å². The number of nitro benzene ring substituents is 1. The molecule has 0 atom stereocenters. The van der Waals surface area contributed by atoms with E-state index in [-0.39, 0.29) is 10.6 Å². The molecule has 106 valence electrons. The average molecular weight is 266 g/mol.